The molecule has 0 fully saturated rings. The van der Waals surface area contributed by atoms with Crippen LogP contribution in [0, 0.1) is 6.92 Å². The van der Waals surface area contributed by atoms with Gasteiger partial charge in [0.05, 0.1) is 5.41 Å². The number of amides is 1. The second kappa shape index (κ2) is 11.1. The molecule has 4 heteroatoms. The van der Waals surface area contributed by atoms with Crippen LogP contribution in [-0.2, 0) is 10.2 Å². The molecule has 0 aromatic heterocycles. The summed E-state index contributed by atoms with van der Waals surface area (Å²) in [6.45, 7) is 21.6. The van der Waals surface area contributed by atoms with Crippen LogP contribution in [0.15, 0.2) is 24.3 Å². The standard InChI is InChI=1S/C25H45N3O/c1-18(2)27(19(3)4)16-14-25(24(26)29,23-13-11-10-12-22(23)9)15-17-28(20(5)6)21(7)8/h10-13,18-21H,14-17H2,1-9H3,(H2,26,29). The molecule has 0 bridgehead atoms. The fourth-order valence-corrected chi connectivity index (χ4v) is 4.75. The molecule has 0 saturated heterocycles. The lowest BCUT2D eigenvalue weighted by molar-refractivity contribution is -0.124. The van der Waals surface area contributed by atoms with E-state index in [2.05, 4.69) is 84.2 Å². The van der Waals surface area contributed by atoms with Crippen LogP contribution in [0.5, 0.6) is 0 Å². The number of rotatable bonds is 12. The van der Waals surface area contributed by atoms with Crippen molar-refractivity contribution in [3.8, 4) is 0 Å². The summed E-state index contributed by atoms with van der Waals surface area (Å²) in [6.07, 6.45) is 1.49. The molecule has 0 aliphatic heterocycles. The third-order valence-corrected chi connectivity index (χ3v) is 6.38. The van der Waals surface area contributed by atoms with Crippen molar-refractivity contribution in [3.63, 3.8) is 0 Å². The molecule has 29 heavy (non-hydrogen) atoms. The molecule has 0 radical (unpaired) electrons. The highest BCUT2D eigenvalue weighted by Gasteiger charge is 2.40. The molecule has 0 aliphatic rings. The summed E-state index contributed by atoms with van der Waals surface area (Å²) in [5.74, 6) is -0.202. The van der Waals surface area contributed by atoms with Gasteiger partial charge in [-0.2, -0.15) is 0 Å². The third-order valence-electron chi connectivity index (χ3n) is 6.38. The van der Waals surface area contributed by atoms with Gasteiger partial charge >= 0.3 is 0 Å². The zero-order valence-electron chi connectivity index (χ0n) is 20.3. The molecule has 0 unspecified atom stereocenters. The molecular weight excluding hydrogens is 358 g/mol. The van der Waals surface area contributed by atoms with Crippen LogP contribution in [0.25, 0.3) is 0 Å². The van der Waals surface area contributed by atoms with E-state index in [1.807, 2.05) is 12.1 Å². The molecule has 1 aromatic rings. The minimum absolute atomic E-state index is 0.202. The minimum atomic E-state index is -0.657. The Morgan fingerprint density at radius 2 is 1.21 bits per heavy atom. The monoisotopic (exact) mass is 403 g/mol. The second-order valence-corrected chi connectivity index (χ2v) is 9.61. The van der Waals surface area contributed by atoms with Crippen molar-refractivity contribution in [2.24, 2.45) is 5.73 Å². The van der Waals surface area contributed by atoms with Crippen LogP contribution >= 0.6 is 0 Å². The quantitative estimate of drug-likeness (QED) is 0.548. The Hall–Kier alpha value is -1.39. The zero-order valence-corrected chi connectivity index (χ0v) is 20.3. The number of carbonyl (C=O) groups is 1. The number of carbonyl (C=O) groups excluding carboxylic acids is 1. The first-order valence-corrected chi connectivity index (χ1v) is 11.3. The molecule has 2 N–H and O–H groups in total. The van der Waals surface area contributed by atoms with Crippen molar-refractivity contribution in [2.75, 3.05) is 13.1 Å². The van der Waals surface area contributed by atoms with Crippen LogP contribution in [0.4, 0.5) is 0 Å². The van der Waals surface area contributed by atoms with E-state index in [1.165, 1.54) is 0 Å². The van der Waals surface area contributed by atoms with Gasteiger partial charge in [-0.15, -0.1) is 0 Å². The number of nitrogens with zero attached hydrogens (tertiary/aromatic N) is 2. The van der Waals surface area contributed by atoms with Gasteiger partial charge in [-0.3, -0.25) is 14.6 Å². The highest BCUT2D eigenvalue weighted by Crippen LogP contribution is 2.35. The van der Waals surface area contributed by atoms with Crippen molar-refractivity contribution < 1.29 is 4.79 Å². The molecule has 1 amide bonds. The average molecular weight is 404 g/mol. The van der Waals surface area contributed by atoms with Crippen molar-refractivity contribution in [2.45, 2.75) is 105 Å². The maximum absolute atomic E-state index is 13.1. The van der Waals surface area contributed by atoms with Crippen LogP contribution in [0.1, 0.15) is 79.4 Å². The Morgan fingerprint density at radius 1 is 0.828 bits per heavy atom. The summed E-state index contributed by atoms with van der Waals surface area (Å²) in [5.41, 5.74) is 7.75. The summed E-state index contributed by atoms with van der Waals surface area (Å²) >= 11 is 0. The SMILES string of the molecule is Cc1ccccc1C(CCN(C(C)C)C(C)C)(CCN(C(C)C)C(C)C)C(N)=O. The van der Waals surface area contributed by atoms with Crippen molar-refractivity contribution >= 4 is 5.91 Å². The lowest BCUT2D eigenvalue weighted by atomic mass is 9.72. The van der Waals surface area contributed by atoms with E-state index >= 15 is 0 Å². The highest BCUT2D eigenvalue weighted by atomic mass is 16.1. The van der Waals surface area contributed by atoms with Crippen molar-refractivity contribution in [3.05, 3.63) is 35.4 Å². The van der Waals surface area contributed by atoms with Gasteiger partial charge in [-0.25, -0.2) is 0 Å². The fraction of sp³-hybridized carbons (Fsp3) is 0.720. The summed E-state index contributed by atoms with van der Waals surface area (Å²) in [4.78, 5) is 18.0. The fourth-order valence-electron chi connectivity index (χ4n) is 4.75. The smallest absolute Gasteiger partial charge is 0.228 e. The second-order valence-electron chi connectivity index (χ2n) is 9.61. The van der Waals surface area contributed by atoms with Gasteiger partial charge in [-0.05, 0) is 86.3 Å². The number of benzene rings is 1. The van der Waals surface area contributed by atoms with E-state index in [0.717, 1.165) is 37.1 Å². The van der Waals surface area contributed by atoms with E-state index < -0.39 is 5.41 Å². The Bertz CT molecular complexity index is 597. The topological polar surface area (TPSA) is 49.6 Å². The van der Waals surface area contributed by atoms with E-state index in [0.29, 0.717) is 24.2 Å². The highest BCUT2D eigenvalue weighted by molar-refractivity contribution is 5.87. The first-order valence-electron chi connectivity index (χ1n) is 11.3. The van der Waals surface area contributed by atoms with Crippen LogP contribution < -0.4 is 5.73 Å². The molecule has 0 aliphatic carbocycles. The van der Waals surface area contributed by atoms with Gasteiger partial charge in [0, 0.05) is 37.3 Å². The lowest BCUT2D eigenvalue weighted by Crippen LogP contribution is -2.49. The van der Waals surface area contributed by atoms with Gasteiger partial charge in [0.1, 0.15) is 0 Å². The van der Waals surface area contributed by atoms with E-state index in [4.69, 9.17) is 5.73 Å². The van der Waals surface area contributed by atoms with Gasteiger partial charge < -0.3 is 5.73 Å². The molecule has 1 rings (SSSR count). The molecule has 0 atom stereocenters. The summed E-state index contributed by atoms with van der Waals surface area (Å²) in [7, 11) is 0. The summed E-state index contributed by atoms with van der Waals surface area (Å²) in [6, 6.07) is 9.99. The van der Waals surface area contributed by atoms with Gasteiger partial charge in [0.15, 0.2) is 0 Å². The van der Waals surface area contributed by atoms with E-state index in [9.17, 15) is 4.79 Å². The van der Waals surface area contributed by atoms with E-state index in [1.54, 1.807) is 0 Å². The lowest BCUT2D eigenvalue weighted by Gasteiger charge is -2.40. The zero-order chi connectivity index (χ0) is 22.4. The number of primary amides is 1. The first-order chi connectivity index (χ1) is 13.4. The van der Waals surface area contributed by atoms with Gasteiger partial charge in [0.25, 0.3) is 0 Å². The molecular formula is C25H45N3O. The van der Waals surface area contributed by atoms with Crippen LogP contribution in [0.2, 0.25) is 0 Å². The maximum atomic E-state index is 13.1. The number of aryl methyl sites for hydroxylation is 1. The normalized spacial score (nSPS) is 12.9. The average Bonchev–Trinajstić information content (AvgIpc) is 2.59. The molecule has 0 spiro atoms. The van der Waals surface area contributed by atoms with E-state index in [-0.39, 0.29) is 5.91 Å². The largest absolute Gasteiger partial charge is 0.369 e. The Balaban J connectivity index is 3.34. The summed E-state index contributed by atoms with van der Waals surface area (Å²) < 4.78 is 0. The molecule has 166 valence electrons. The summed E-state index contributed by atoms with van der Waals surface area (Å²) in [5, 5.41) is 0. The maximum Gasteiger partial charge on any atom is 0.228 e. The van der Waals surface area contributed by atoms with Gasteiger partial charge in [-0.1, -0.05) is 24.3 Å². The Morgan fingerprint density at radius 3 is 1.52 bits per heavy atom. The first kappa shape index (κ1) is 25.6. The number of nitrogens with two attached hydrogens (primary N) is 1. The third kappa shape index (κ3) is 6.55. The predicted molar refractivity (Wildman–Crippen MR) is 125 cm³/mol. The van der Waals surface area contributed by atoms with Crippen LogP contribution in [0.3, 0.4) is 0 Å². The Labute approximate surface area is 179 Å². The molecule has 0 heterocycles. The molecule has 1 aromatic carbocycles. The van der Waals surface area contributed by atoms with Crippen LogP contribution in [-0.4, -0.2) is 53.0 Å². The number of hydrogen-bond donors (Lipinski definition) is 1. The predicted octanol–water partition coefficient (Wildman–Crippen LogP) is 4.74. The molecule has 0 saturated carbocycles. The minimum Gasteiger partial charge on any atom is -0.369 e. The number of hydrogen-bond acceptors (Lipinski definition) is 3. The van der Waals surface area contributed by atoms with Crippen molar-refractivity contribution in [1.82, 2.24) is 9.80 Å². The molecule has 4 nitrogen and oxygen atoms in total. The Kier molecular flexibility index (Phi) is 9.84. The van der Waals surface area contributed by atoms with Crippen molar-refractivity contribution in [1.29, 1.82) is 0 Å². The van der Waals surface area contributed by atoms with Gasteiger partial charge in [0.2, 0.25) is 5.91 Å².